The van der Waals surface area contributed by atoms with Gasteiger partial charge in [-0.25, -0.2) is 9.97 Å². The molecule has 12 heteroatoms. The smallest absolute Gasteiger partial charge is 0.280 e. The standard InChI is InChI=1S/C30H24N10O2/c41-29-21-14-20(8-9-23(21)31-15-32-29)39-16-33-30(42)22-12-18(7-10-25(22)39)28-34-24-13-17(27-35-37-38-36-27)6-11-26(24)40(28)19-4-2-1-3-5-19/h6-16,19H,1-5H2,(H,31,32,41)(H,35,36,37,38). The van der Waals surface area contributed by atoms with Crippen LogP contribution in [0.25, 0.3) is 61.3 Å². The molecule has 0 aliphatic heterocycles. The van der Waals surface area contributed by atoms with Crippen molar-refractivity contribution >= 4 is 32.8 Å². The minimum absolute atomic E-state index is 0.230. The van der Waals surface area contributed by atoms with Crippen LogP contribution in [0.4, 0.5) is 0 Å². The van der Waals surface area contributed by atoms with Gasteiger partial charge in [-0.2, -0.15) is 10.2 Å². The normalized spacial score (nSPS) is 14.3. The number of fused-ring (bicyclic) bond motifs is 3. The Morgan fingerprint density at radius 3 is 2.52 bits per heavy atom. The van der Waals surface area contributed by atoms with E-state index in [-0.39, 0.29) is 11.1 Å². The van der Waals surface area contributed by atoms with Gasteiger partial charge in [-0.05, 0) is 72.7 Å². The van der Waals surface area contributed by atoms with Crippen LogP contribution in [0.15, 0.2) is 76.8 Å². The molecule has 8 rings (SSSR count). The van der Waals surface area contributed by atoms with E-state index in [1.54, 1.807) is 12.1 Å². The molecular weight excluding hydrogens is 532 g/mol. The molecule has 0 radical (unpaired) electrons. The lowest BCUT2D eigenvalue weighted by Crippen LogP contribution is -2.15. The van der Waals surface area contributed by atoms with Crippen molar-refractivity contribution in [2.75, 3.05) is 0 Å². The Morgan fingerprint density at radius 2 is 1.67 bits per heavy atom. The Balaban J connectivity index is 1.31. The third kappa shape index (κ3) is 3.91. The number of imidazole rings is 1. The zero-order valence-electron chi connectivity index (χ0n) is 22.4. The zero-order valence-corrected chi connectivity index (χ0v) is 22.4. The van der Waals surface area contributed by atoms with Crippen LogP contribution >= 0.6 is 0 Å². The fourth-order valence-corrected chi connectivity index (χ4v) is 6.15. The maximum absolute atomic E-state index is 13.1. The van der Waals surface area contributed by atoms with Crippen molar-refractivity contribution in [2.24, 2.45) is 0 Å². The summed E-state index contributed by atoms with van der Waals surface area (Å²) < 4.78 is 4.14. The highest BCUT2D eigenvalue weighted by Crippen LogP contribution is 2.37. The average molecular weight is 557 g/mol. The molecule has 0 saturated heterocycles. The Morgan fingerprint density at radius 1 is 0.810 bits per heavy atom. The average Bonchev–Trinajstić information content (AvgIpc) is 3.70. The number of H-pyrrole nitrogens is 2. The van der Waals surface area contributed by atoms with E-state index in [4.69, 9.17) is 4.98 Å². The van der Waals surface area contributed by atoms with Crippen molar-refractivity contribution in [1.29, 1.82) is 0 Å². The fraction of sp³-hybridized carbons (Fsp3) is 0.200. The van der Waals surface area contributed by atoms with Crippen LogP contribution in [-0.4, -0.2) is 49.7 Å². The molecule has 7 aromatic rings. The van der Waals surface area contributed by atoms with Gasteiger partial charge in [-0.1, -0.05) is 19.3 Å². The van der Waals surface area contributed by atoms with E-state index in [9.17, 15) is 9.59 Å². The third-order valence-corrected chi connectivity index (χ3v) is 8.17. The SMILES string of the molecule is O=c1[nH]cnc2ccc(-n3cnc(=O)c4cc(-c5nc6cc(-c7nn[nH]n7)ccc6n5C5CCCCC5)ccc43)cc12. The van der Waals surface area contributed by atoms with Gasteiger partial charge in [-0.3, -0.25) is 9.59 Å². The number of hydrogen-bond acceptors (Lipinski definition) is 8. The molecule has 1 aliphatic carbocycles. The van der Waals surface area contributed by atoms with Gasteiger partial charge < -0.3 is 14.1 Å². The molecule has 1 aliphatic rings. The molecule has 12 nitrogen and oxygen atoms in total. The fourth-order valence-electron chi connectivity index (χ4n) is 6.15. The van der Waals surface area contributed by atoms with Gasteiger partial charge in [0, 0.05) is 22.9 Å². The molecule has 206 valence electrons. The largest absolute Gasteiger partial charge is 0.321 e. The first kappa shape index (κ1) is 24.3. The van der Waals surface area contributed by atoms with E-state index >= 15 is 0 Å². The number of benzene rings is 3. The predicted molar refractivity (Wildman–Crippen MR) is 157 cm³/mol. The van der Waals surface area contributed by atoms with E-state index in [0.717, 1.165) is 40.8 Å². The maximum Gasteiger partial charge on any atom is 0.280 e. The molecular formula is C30H24N10O2. The van der Waals surface area contributed by atoms with Gasteiger partial charge in [0.05, 0.1) is 39.2 Å². The summed E-state index contributed by atoms with van der Waals surface area (Å²) in [7, 11) is 0. The summed E-state index contributed by atoms with van der Waals surface area (Å²) in [5.41, 5.74) is 4.93. The monoisotopic (exact) mass is 556 g/mol. The van der Waals surface area contributed by atoms with Gasteiger partial charge in [-0.15, -0.1) is 10.2 Å². The highest BCUT2D eigenvalue weighted by molar-refractivity contribution is 5.89. The summed E-state index contributed by atoms with van der Waals surface area (Å²) in [5.74, 6) is 1.32. The second-order valence-electron chi connectivity index (χ2n) is 10.6. The first-order valence-corrected chi connectivity index (χ1v) is 13.9. The lowest BCUT2D eigenvalue weighted by atomic mass is 9.94. The van der Waals surface area contributed by atoms with E-state index in [1.807, 2.05) is 41.0 Å². The lowest BCUT2D eigenvalue weighted by molar-refractivity contribution is 0.362. The van der Waals surface area contributed by atoms with Gasteiger partial charge >= 0.3 is 0 Å². The molecule has 42 heavy (non-hydrogen) atoms. The van der Waals surface area contributed by atoms with Gasteiger partial charge in [0.25, 0.3) is 11.1 Å². The minimum Gasteiger partial charge on any atom is -0.321 e. The first-order valence-electron chi connectivity index (χ1n) is 13.9. The molecule has 1 fully saturated rings. The van der Waals surface area contributed by atoms with Gasteiger partial charge in [0.1, 0.15) is 12.2 Å². The summed E-state index contributed by atoms with van der Waals surface area (Å²) in [6.07, 6.45) is 8.59. The van der Waals surface area contributed by atoms with Crippen LogP contribution < -0.4 is 11.1 Å². The third-order valence-electron chi connectivity index (χ3n) is 8.17. The van der Waals surface area contributed by atoms with Crippen molar-refractivity contribution < 1.29 is 0 Å². The number of nitrogens with one attached hydrogen (secondary N) is 2. The Bertz CT molecular complexity index is 2240. The van der Waals surface area contributed by atoms with Crippen LogP contribution in [0, 0.1) is 0 Å². The van der Waals surface area contributed by atoms with Crippen molar-refractivity contribution in [1.82, 2.24) is 49.7 Å². The van der Waals surface area contributed by atoms with E-state index in [0.29, 0.717) is 39.4 Å². The topological polar surface area (TPSA) is 153 Å². The summed E-state index contributed by atoms with van der Waals surface area (Å²) in [6, 6.07) is 17.5. The summed E-state index contributed by atoms with van der Waals surface area (Å²) in [6.45, 7) is 0. The molecule has 0 atom stereocenters. The zero-order chi connectivity index (χ0) is 28.2. The number of tetrazole rings is 1. The second kappa shape index (κ2) is 9.54. The van der Waals surface area contributed by atoms with Crippen molar-refractivity contribution in [3.8, 4) is 28.5 Å². The molecule has 4 aromatic heterocycles. The highest BCUT2D eigenvalue weighted by atomic mass is 16.1. The molecule has 3 aromatic carbocycles. The first-order chi connectivity index (χ1) is 20.6. The van der Waals surface area contributed by atoms with E-state index in [2.05, 4.69) is 46.2 Å². The van der Waals surface area contributed by atoms with Crippen LogP contribution in [-0.2, 0) is 0 Å². The van der Waals surface area contributed by atoms with E-state index in [1.165, 1.54) is 31.9 Å². The molecule has 4 heterocycles. The second-order valence-corrected chi connectivity index (χ2v) is 10.6. The van der Waals surface area contributed by atoms with Gasteiger partial charge in [0.15, 0.2) is 0 Å². The summed E-state index contributed by atoms with van der Waals surface area (Å²) in [5, 5.41) is 15.4. The number of rotatable bonds is 4. The van der Waals surface area contributed by atoms with Crippen LogP contribution in [0.5, 0.6) is 0 Å². The molecule has 0 bridgehead atoms. The van der Waals surface area contributed by atoms with Gasteiger partial charge in [0.2, 0.25) is 5.82 Å². The Kier molecular flexibility index (Phi) is 5.52. The highest BCUT2D eigenvalue weighted by Gasteiger charge is 2.23. The summed E-state index contributed by atoms with van der Waals surface area (Å²) in [4.78, 5) is 41.6. The lowest BCUT2D eigenvalue weighted by Gasteiger charge is -2.25. The van der Waals surface area contributed by atoms with Crippen molar-refractivity contribution in [2.45, 2.75) is 38.1 Å². The maximum atomic E-state index is 13.1. The predicted octanol–water partition coefficient (Wildman–Crippen LogP) is 4.32. The molecule has 0 unspecified atom stereocenters. The van der Waals surface area contributed by atoms with E-state index < -0.39 is 0 Å². The minimum atomic E-state index is -0.330. The molecule has 1 saturated carbocycles. The van der Waals surface area contributed by atoms with Crippen molar-refractivity contribution in [3.05, 3.63) is 88.0 Å². The number of aromatic amines is 2. The molecule has 2 N–H and O–H groups in total. The molecule has 0 spiro atoms. The molecule has 0 amide bonds. The number of nitrogens with zero attached hydrogens (tertiary/aromatic N) is 8. The van der Waals surface area contributed by atoms with Crippen molar-refractivity contribution in [3.63, 3.8) is 0 Å². The van der Waals surface area contributed by atoms with Crippen LogP contribution in [0.3, 0.4) is 0 Å². The number of hydrogen-bond donors (Lipinski definition) is 2. The quantitative estimate of drug-likeness (QED) is 0.325. The summed E-state index contributed by atoms with van der Waals surface area (Å²) >= 11 is 0. The Hall–Kier alpha value is -5.52. The number of aromatic nitrogens is 10. The Labute approximate surface area is 237 Å². The van der Waals surface area contributed by atoms with Crippen LogP contribution in [0.2, 0.25) is 0 Å². The van der Waals surface area contributed by atoms with Crippen LogP contribution in [0.1, 0.15) is 38.1 Å².